The molecule has 1 saturated heterocycles. The number of guanidine groups is 1. The van der Waals surface area contributed by atoms with Gasteiger partial charge >= 0.3 is 0 Å². The maximum Gasteiger partial charge on any atom is 0.231 e. The Morgan fingerprint density at radius 2 is 2.03 bits per heavy atom. The van der Waals surface area contributed by atoms with E-state index in [1.807, 2.05) is 6.07 Å². The summed E-state index contributed by atoms with van der Waals surface area (Å²) in [4.78, 5) is 18.3. The van der Waals surface area contributed by atoms with Gasteiger partial charge in [0.2, 0.25) is 5.91 Å². The van der Waals surface area contributed by atoms with Crippen molar-refractivity contribution in [2.75, 3.05) is 39.8 Å². The van der Waals surface area contributed by atoms with Gasteiger partial charge in [-0.15, -0.1) is 0 Å². The maximum atomic E-state index is 11.1. The quantitative estimate of drug-likeness (QED) is 0.446. The van der Waals surface area contributed by atoms with E-state index in [0.717, 1.165) is 63.6 Å². The van der Waals surface area contributed by atoms with Gasteiger partial charge in [-0.3, -0.25) is 14.7 Å². The number of hydrogen-bond acceptors (Lipinski definition) is 4. The Kier molecular flexibility index (Phi) is 7.96. The number of nitrogens with one attached hydrogen (secondary N) is 2. The number of ether oxygens (including phenoxy) is 1. The molecule has 166 valence electrons. The molecule has 1 aromatic carbocycles. The zero-order chi connectivity index (χ0) is 21.4. The fourth-order valence-electron chi connectivity index (χ4n) is 4.74. The number of amides is 1. The third-order valence-corrected chi connectivity index (χ3v) is 6.43. The molecule has 1 aliphatic heterocycles. The molecule has 2 aliphatic rings. The first-order valence-electron chi connectivity index (χ1n) is 11.2. The van der Waals surface area contributed by atoms with Crippen LogP contribution in [0, 0.1) is 0 Å². The van der Waals surface area contributed by atoms with Crippen LogP contribution in [0.2, 0.25) is 0 Å². The molecule has 2 fully saturated rings. The largest absolute Gasteiger partial charge is 0.497 e. The number of likely N-dealkylation sites (tertiary alicyclic amines) is 1. The van der Waals surface area contributed by atoms with Gasteiger partial charge in [0.15, 0.2) is 5.96 Å². The number of hydrogen-bond donors (Lipinski definition) is 3. The Balaban J connectivity index is 1.66. The first kappa shape index (κ1) is 22.4. The average Bonchev–Trinajstić information content (AvgIpc) is 3.23. The zero-order valence-corrected chi connectivity index (χ0v) is 18.5. The van der Waals surface area contributed by atoms with E-state index in [-0.39, 0.29) is 11.3 Å². The standard InChI is InChI=1S/C23H37N5O2/c1-3-25-22(27-19-9-13-28(14-10-19)16-21(24)29)26-17-23(11-4-5-12-23)18-7-6-8-20(15-18)30-2/h6-8,15,19H,3-5,9-14,16-17H2,1-2H3,(H2,24,29)(H2,25,26,27). The van der Waals surface area contributed by atoms with Crippen molar-refractivity contribution in [1.29, 1.82) is 0 Å². The average molecular weight is 416 g/mol. The molecule has 7 heteroatoms. The Hall–Kier alpha value is -2.28. The van der Waals surface area contributed by atoms with E-state index in [2.05, 4.69) is 40.7 Å². The van der Waals surface area contributed by atoms with Crippen molar-refractivity contribution in [3.63, 3.8) is 0 Å². The van der Waals surface area contributed by atoms with Gasteiger partial charge in [0.05, 0.1) is 20.2 Å². The van der Waals surface area contributed by atoms with E-state index >= 15 is 0 Å². The Labute approximate surface area is 180 Å². The van der Waals surface area contributed by atoms with Gasteiger partial charge in [0.1, 0.15) is 5.75 Å². The molecule has 1 saturated carbocycles. The van der Waals surface area contributed by atoms with Crippen LogP contribution in [-0.4, -0.2) is 62.6 Å². The van der Waals surface area contributed by atoms with Crippen LogP contribution >= 0.6 is 0 Å². The fraction of sp³-hybridized carbons (Fsp3) is 0.652. The second-order valence-electron chi connectivity index (χ2n) is 8.58. The molecule has 3 rings (SSSR count). The summed E-state index contributed by atoms with van der Waals surface area (Å²) in [6.45, 7) is 5.82. The number of piperidine rings is 1. The van der Waals surface area contributed by atoms with Crippen molar-refractivity contribution in [3.05, 3.63) is 29.8 Å². The number of aliphatic imine (C=N–C) groups is 1. The monoisotopic (exact) mass is 415 g/mol. The summed E-state index contributed by atoms with van der Waals surface area (Å²) in [6.07, 6.45) is 6.78. The Bertz CT molecular complexity index is 722. The summed E-state index contributed by atoms with van der Waals surface area (Å²) in [5.41, 5.74) is 6.74. The molecular weight excluding hydrogens is 378 g/mol. The van der Waals surface area contributed by atoms with Gasteiger partial charge in [-0.1, -0.05) is 25.0 Å². The van der Waals surface area contributed by atoms with Gasteiger partial charge in [0.25, 0.3) is 0 Å². The molecule has 0 spiro atoms. The topological polar surface area (TPSA) is 92.0 Å². The molecule has 4 N–H and O–H groups in total. The van der Waals surface area contributed by atoms with E-state index < -0.39 is 0 Å². The van der Waals surface area contributed by atoms with E-state index in [9.17, 15) is 4.79 Å². The second-order valence-corrected chi connectivity index (χ2v) is 8.58. The highest BCUT2D eigenvalue weighted by molar-refractivity contribution is 5.80. The highest BCUT2D eigenvalue weighted by Gasteiger charge is 2.36. The molecule has 0 unspecified atom stereocenters. The minimum atomic E-state index is -0.254. The highest BCUT2D eigenvalue weighted by atomic mass is 16.5. The zero-order valence-electron chi connectivity index (χ0n) is 18.5. The normalized spacial score (nSPS) is 20.1. The Morgan fingerprint density at radius 1 is 1.30 bits per heavy atom. The number of carbonyl (C=O) groups is 1. The second kappa shape index (κ2) is 10.7. The van der Waals surface area contributed by atoms with E-state index in [1.165, 1.54) is 18.4 Å². The molecule has 1 aliphatic carbocycles. The summed E-state index contributed by atoms with van der Waals surface area (Å²) in [6, 6.07) is 8.85. The minimum absolute atomic E-state index is 0.0851. The maximum absolute atomic E-state index is 11.1. The Morgan fingerprint density at radius 3 is 2.67 bits per heavy atom. The third-order valence-electron chi connectivity index (χ3n) is 6.43. The van der Waals surface area contributed by atoms with Gasteiger partial charge < -0.3 is 21.1 Å². The smallest absolute Gasteiger partial charge is 0.231 e. The van der Waals surface area contributed by atoms with Crippen LogP contribution in [-0.2, 0) is 10.2 Å². The molecular formula is C23H37N5O2. The van der Waals surface area contributed by atoms with Gasteiger partial charge in [-0.2, -0.15) is 0 Å². The van der Waals surface area contributed by atoms with Crippen molar-refractivity contribution in [3.8, 4) is 5.75 Å². The van der Waals surface area contributed by atoms with Gasteiger partial charge in [0, 0.05) is 31.1 Å². The van der Waals surface area contributed by atoms with Crippen molar-refractivity contribution < 1.29 is 9.53 Å². The molecule has 0 atom stereocenters. The number of nitrogens with zero attached hydrogens (tertiary/aromatic N) is 2. The minimum Gasteiger partial charge on any atom is -0.497 e. The van der Waals surface area contributed by atoms with Gasteiger partial charge in [-0.25, -0.2) is 0 Å². The predicted molar refractivity (Wildman–Crippen MR) is 121 cm³/mol. The van der Waals surface area contributed by atoms with Crippen LogP contribution in [0.25, 0.3) is 0 Å². The summed E-state index contributed by atoms with van der Waals surface area (Å²) < 4.78 is 5.46. The number of primary amides is 1. The highest BCUT2D eigenvalue weighted by Crippen LogP contribution is 2.42. The lowest BCUT2D eigenvalue weighted by molar-refractivity contribution is -0.119. The molecule has 0 radical (unpaired) electrons. The lowest BCUT2D eigenvalue weighted by atomic mass is 9.79. The van der Waals surface area contributed by atoms with Crippen molar-refractivity contribution >= 4 is 11.9 Å². The molecule has 1 aromatic rings. The van der Waals surface area contributed by atoms with Crippen LogP contribution in [0.1, 0.15) is 51.0 Å². The van der Waals surface area contributed by atoms with Crippen LogP contribution in [0.15, 0.2) is 29.3 Å². The van der Waals surface area contributed by atoms with Crippen LogP contribution in [0.4, 0.5) is 0 Å². The first-order chi connectivity index (χ1) is 14.5. The first-order valence-corrected chi connectivity index (χ1v) is 11.2. The third kappa shape index (κ3) is 5.88. The number of nitrogens with two attached hydrogens (primary N) is 1. The summed E-state index contributed by atoms with van der Waals surface area (Å²) in [7, 11) is 1.72. The molecule has 0 bridgehead atoms. The lowest BCUT2D eigenvalue weighted by Crippen LogP contribution is -2.50. The molecule has 1 heterocycles. The number of carbonyl (C=O) groups excluding carboxylic acids is 1. The van der Waals surface area contributed by atoms with E-state index in [1.54, 1.807) is 7.11 Å². The molecule has 0 aromatic heterocycles. The van der Waals surface area contributed by atoms with Crippen LogP contribution < -0.4 is 21.1 Å². The van der Waals surface area contributed by atoms with Crippen LogP contribution in [0.3, 0.4) is 0 Å². The van der Waals surface area contributed by atoms with Crippen molar-refractivity contribution in [2.24, 2.45) is 10.7 Å². The predicted octanol–water partition coefficient (Wildman–Crippen LogP) is 2.01. The number of benzene rings is 1. The SMILES string of the molecule is CCNC(=NCC1(c2cccc(OC)c2)CCCC1)NC1CCN(CC(N)=O)CC1. The fourth-order valence-corrected chi connectivity index (χ4v) is 4.74. The number of methoxy groups -OCH3 is 1. The number of rotatable bonds is 8. The summed E-state index contributed by atoms with van der Waals surface area (Å²) >= 11 is 0. The van der Waals surface area contributed by atoms with Crippen molar-refractivity contribution in [1.82, 2.24) is 15.5 Å². The van der Waals surface area contributed by atoms with Gasteiger partial charge in [-0.05, 0) is 50.3 Å². The van der Waals surface area contributed by atoms with Crippen LogP contribution in [0.5, 0.6) is 5.75 Å². The lowest BCUT2D eigenvalue weighted by Gasteiger charge is -2.33. The molecule has 7 nitrogen and oxygen atoms in total. The van der Waals surface area contributed by atoms with E-state index in [0.29, 0.717) is 12.6 Å². The molecule has 30 heavy (non-hydrogen) atoms. The van der Waals surface area contributed by atoms with Crippen molar-refractivity contribution in [2.45, 2.75) is 56.9 Å². The molecule has 1 amide bonds. The summed E-state index contributed by atoms with van der Waals surface area (Å²) in [5.74, 6) is 1.55. The summed E-state index contributed by atoms with van der Waals surface area (Å²) in [5, 5.41) is 7.03. The van der Waals surface area contributed by atoms with E-state index in [4.69, 9.17) is 15.5 Å².